The Morgan fingerprint density at radius 1 is 1.03 bits per heavy atom. The number of ether oxygens (including phenoxy) is 3. The van der Waals surface area contributed by atoms with E-state index in [1.807, 2.05) is 45.9 Å². The Kier molecular flexibility index (Phi) is 7.79. The van der Waals surface area contributed by atoms with Gasteiger partial charge in [0.15, 0.2) is 0 Å². The summed E-state index contributed by atoms with van der Waals surface area (Å²) in [6.45, 7) is 8.50. The van der Waals surface area contributed by atoms with Crippen LogP contribution in [-0.2, 0) is 22.6 Å². The molecule has 0 aromatic heterocycles. The normalized spacial score (nSPS) is 18.7. The molecule has 0 saturated carbocycles. The van der Waals surface area contributed by atoms with Gasteiger partial charge in [0.1, 0.15) is 35.2 Å². The number of halogens is 3. The van der Waals surface area contributed by atoms with E-state index in [1.165, 1.54) is 18.2 Å². The van der Waals surface area contributed by atoms with Gasteiger partial charge in [0.05, 0.1) is 12.7 Å². The van der Waals surface area contributed by atoms with Crippen molar-refractivity contribution >= 4 is 21.6 Å². The van der Waals surface area contributed by atoms with Gasteiger partial charge in [-0.3, -0.25) is 0 Å². The van der Waals surface area contributed by atoms with E-state index in [0.29, 0.717) is 16.6 Å². The molecule has 4 nitrogen and oxygen atoms in total. The molecule has 3 aromatic carbocycles. The van der Waals surface area contributed by atoms with Crippen LogP contribution in [0.2, 0.25) is 0 Å². The summed E-state index contributed by atoms with van der Waals surface area (Å²) in [5.41, 5.74) is 2.47. The molecule has 0 saturated heterocycles. The molecule has 4 rings (SSSR count). The number of benzene rings is 3. The lowest BCUT2D eigenvalue weighted by atomic mass is 9.87. The predicted octanol–water partition coefficient (Wildman–Crippen LogP) is 7.56. The van der Waals surface area contributed by atoms with E-state index in [9.17, 15) is 8.78 Å². The van der Waals surface area contributed by atoms with E-state index in [-0.39, 0.29) is 24.3 Å². The molecular weight excluding hydrogens is 516 g/mol. The molecule has 1 heterocycles. The highest BCUT2D eigenvalue weighted by atomic mass is 79.9. The third kappa shape index (κ3) is 6.21. The summed E-state index contributed by atoms with van der Waals surface area (Å²) >= 11 is 3.29. The fraction of sp³-hybridized carbons (Fsp3) is 0.357. The third-order valence-electron chi connectivity index (χ3n) is 5.91. The van der Waals surface area contributed by atoms with Gasteiger partial charge in [0.2, 0.25) is 0 Å². The smallest absolute Gasteiger partial charge is 0.132 e. The van der Waals surface area contributed by atoms with Gasteiger partial charge in [-0.25, -0.2) is 8.78 Å². The molecule has 0 spiro atoms. The molecule has 0 bridgehead atoms. The van der Waals surface area contributed by atoms with E-state index in [0.717, 1.165) is 22.6 Å². The van der Waals surface area contributed by atoms with Gasteiger partial charge in [-0.2, -0.15) is 0 Å². The zero-order chi connectivity index (χ0) is 25.2. The zero-order valence-corrected chi connectivity index (χ0v) is 21.9. The SMILES string of the molecule is CC(C)OC1c2cc(NCc3ccc(F)cc3)ccc2OC(C)(C)C1OCc1ccc(Br)cc1F. The number of rotatable bonds is 8. The lowest BCUT2D eigenvalue weighted by molar-refractivity contribution is -0.177. The van der Waals surface area contributed by atoms with Crippen molar-refractivity contribution in [3.63, 3.8) is 0 Å². The van der Waals surface area contributed by atoms with Crippen molar-refractivity contribution < 1.29 is 23.0 Å². The van der Waals surface area contributed by atoms with Gasteiger partial charge in [0.25, 0.3) is 0 Å². The molecule has 0 radical (unpaired) electrons. The predicted molar refractivity (Wildman–Crippen MR) is 137 cm³/mol. The fourth-order valence-corrected chi connectivity index (χ4v) is 4.53. The van der Waals surface area contributed by atoms with Gasteiger partial charge in [-0.1, -0.05) is 34.1 Å². The molecule has 2 atom stereocenters. The van der Waals surface area contributed by atoms with Gasteiger partial charge in [-0.05, 0) is 75.7 Å². The molecule has 0 fully saturated rings. The minimum absolute atomic E-state index is 0.0619. The average molecular weight is 546 g/mol. The fourth-order valence-electron chi connectivity index (χ4n) is 4.19. The van der Waals surface area contributed by atoms with Crippen LogP contribution in [0.1, 0.15) is 50.5 Å². The number of anilines is 1. The maximum atomic E-state index is 14.4. The van der Waals surface area contributed by atoms with Gasteiger partial charge in [-0.15, -0.1) is 0 Å². The summed E-state index contributed by atoms with van der Waals surface area (Å²) in [6.07, 6.45) is -0.958. The summed E-state index contributed by atoms with van der Waals surface area (Å²) in [5, 5.41) is 3.38. The molecule has 7 heteroatoms. The largest absolute Gasteiger partial charge is 0.485 e. The maximum absolute atomic E-state index is 14.4. The van der Waals surface area contributed by atoms with Crippen LogP contribution >= 0.6 is 15.9 Å². The molecule has 3 aromatic rings. The topological polar surface area (TPSA) is 39.7 Å². The average Bonchev–Trinajstić information content (AvgIpc) is 2.79. The lowest BCUT2D eigenvalue weighted by Crippen LogP contribution is -2.51. The van der Waals surface area contributed by atoms with E-state index >= 15 is 0 Å². The van der Waals surface area contributed by atoms with Crippen molar-refractivity contribution in [1.82, 2.24) is 0 Å². The van der Waals surface area contributed by atoms with Gasteiger partial charge in [0, 0.05) is 27.8 Å². The standard InChI is InChI=1S/C28H30BrF2NO3/c1-17(2)34-26-23-14-22(32-15-18-5-9-21(30)10-6-18)11-12-25(23)35-28(3,4)27(26)33-16-19-7-8-20(29)13-24(19)31/h5-14,17,26-27,32H,15-16H2,1-4H3. The van der Waals surface area contributed by atoms with Gasteiger partial charge < -0.3 is 19.5 Å². The van der Waals surface area contributed by atoms with E-state index < -0.39 is 17.8 Å². The second kappa shape index (κ2) is 10.6. The van der Waals surface area contributed by atoms with Crippen molar-refractivity contribution in [3.05, 3.63) is 93.5 Å². The lowest BCUT2D eigenvalue weighted by Gasteiger charge is -2.45. The minimum Gasteiger partial charge on any atom is -0.485 e. The number of hydrogen-bond acceptors (Lipinski definition) is 4. The highest BCUT2D eigenvalue weighted by Gasteiger charge is 2.46. The first kappa shape index (κ1) is 25.6. The quantitative estimate of drug-likeness (QED) is 0.317. The molecule has 2 unspecified atom stereocenters. The molecule has 1 N–H and O–H groups in total. The Labute approximate surface area is 213 Å². The van der Waals surface area contributed by atoms with Gasteiger partial charge >= 0.3 is 0 Å². The van der Waals surface area contributed by atoms with Crippen LogP contribution in [-0.4, -0.2) is 17.8 Å². The number of nitrogens with one attached hydrogen (secondary N) is 1. The second-order valence-corrected chi connectivity index (χ2v) is 10.4. The summed E-state index contributed by atoms with van der Waals surface area (Å²) in [7, 11) is 0. The Morgan fingerprint density at radius 2 is 1.77 bits per heavy atom. The summed E-state index contributed by atoms with van der Waals surface area (Å²) in [4.78, 5) is 0. The van der Waals surface area contributed by atoms with Crippen LogP contribution in [0.4, 0.5) is 14.5 Å². The molecule has 35 heavy (non-hydrogen) atoms. The Balaban J connectivity index is 1.59. The van der Waals surface area contributed by atoms with Crippen molar-refractivity contribution in [2.24, 2.45) is 0 Å². The van der Waals surface area contributed by atoms with Crippen molar-refractivity contribution in [2.45, 2.75) is 64.8 Å². The second-order valence-electron chi connectivity index (χ2n) is 9.51. The van der Waals surface area contributed by atoms with Crippen molar-refractivity contribution in [2.75, 3.05) is 5.32 Å². The van der Waals surface area contributed by atoms with E-state index in [2.05, 4.69) is 21.2 Å². The van der Waals surface area contributed by atoms with Crippen molar-refractivity contribution in [3.8, 4) is 5.75 Å². The van der Waals surface area contributed by atoms with E-state index in [4.69, 9.17) is 14.2 Å². The number of hydrogen-bond donors (Lipinski definition) is 1. The van der Waals surface area contributed by atoms with Crippen LogP contribution in [0.25, 0.3) is 0 Å². The first-order chi connectivity index (χ1) is 16.6. The maximum Gasteiger partial charge on any atom is 0.132 e. The molecule has 0 amide bonds. The first-order valence-electron chi connectivity index (χ1n) is 11.6. The summed E-state index contributed by atoms with van der Waals surface area (Å²) in [5.74, 6) is 0.135. The Hall–Kier alpha value is -2.48. The molecule has 1 aliphatic rings. The molecule has 1 aliphatic heterocycles. The molecule has 186 valence electrons. The highest BCUT2D eigenvalue weighted by Crippen LogP contribution is 2.45. The van der Waals surface area contributed by atoms with Crippen molar-refractivity contribution in [1.29, 1.82) is 0 Å². The van der Waals surface area contributed by atoms with Crippen LogP contribution in [0.5, 0.6) is 5.75 Å². The van der Waals surface area contributed by atoms with Crippen LogP contribution in [0.15, 0.2) is 65.1 Å². The molecule has 0 aliphatic carbocycles. The summed E-state index contributed by atoms with van der Waals surface area (Å²) in [6, 6.07) is 17.2. The highest BCUT2D eigenvalue weighted by molar-refractivity contribution is 9.10. The van der Waals surface area contributed by atoms with E-state index in [1.54, 1.807) is 24.3 Å². The Morgan fingerprint density at radius 3 is 2.46 bits per heavy atom. The van der Waals surface area contributed by atoms with Crippen LogP contribution in [0, 0.1) is 11.6 Å². The zero-order valence-electron chi connectivity index (χ0n) is 20.3. The Bertz CT molecular complexity index is 1170. The molecular formula is C28H30BrF2NO3. The number of fused-ring (bicyclic) bond motifs is 1. The minimum atomic E-state index is -0.707. The first-order valence-corrected chi connectivity index (χ1v) is 12.4. The third-order valence-corrected chi connectivity index (χ3v) is 6.40. The monoisotopic (exact) mass is 545 g/mol. The van der Waals surface area contributed by atoms with Crippen LogP contribution in [0.3, 0.4) is 0 Å². The summed E-state index contributed by atoms with van der Waals surface area (Å²) < 4.78 is 47.3. The van der Waals surface area contributed by atoms with Crippen LogP contribution < -0.4 is 10.1 Å².